The molecule has 0 bridgehead atoms. The second-order valence-electron chi connectivity index (χ2n) is 6.28. The van der Waals surface area contributed by atoms with Gasteiger partial charge in [0.15, 0.2) is 0 Å². The molecule has 3 rings (SSSR count). The molecule has 25 heavy (non-hydrogen) atoms. The number of para-hydroxylation sites is 2. The van der Waals surface area contributed by atoms with E-state index in [4.69, 9.17) is 0 Å². The van der Waals surface area contributed by atoms with Crippen LogP contribution in [0.15, 0.2) is 30.5 Å². The van der Waals surface area contributed by atoms with Gasteiger partial charge in [-0.3, -0.25) is 19.6 Å². The first-order valence-corrected chi connectivity index (χ1v) is 8.22. The summed E-state index contributed by atoms with van der Waals surface area (Å²) < 4.78 is 1.85. The molecule has 1 atom stereocenters. The van der Waals surface area contributed by atoms with Crippen molar-refractivity contribution in [3.63, 3.8) is 0 Å². The summed E-state index contributed by atoms with van der Waals surface area (Å²) in [5.41, 5.74) is 2.64. The standard InChI is InChI=1S/C17H21N5O3/c1-20(15-7-3-4-8-16(15)22(24)25)11-17(23)19-13-6-5-9-14-12(13)10-18-21(14)2/h3-4,7-8,10,13H,5-6,9,11H2,1-2H3,(H,19,23)/t13-/m1/s1. The number of benzene rings is 1. The molecule has 1 aromatic heterocycles. The fourth-order valence-electron chi connectivity index (χ4n) is 3.34. The molecule has 0 fully saturated rings. The predicted octanol–water partition coefficient (Wildman–Crippen LogP) is 1.96. The van der Waals surface area contributed by atoms with Crippen LogP contribution in [0.3, 0.4) is 0 Å². The summed E-state index contributed by atoms with van der Waals surface area (Å²) >= 11 is 0. The van der Waals surface area contributed by atoms with Crippen LogP contribution < -0.4 is 10.2 Å². The van der Waals surface area contributed by atoms with E-state index >= 15 is 0 Å². The van der Waals surface area contributed by atoms with Crippen molar-refractivity contribution in [3.8, 4) is 0 Å². The van der Waals surface area contributed by atoms with E-state index in [2.05, 4.69) is 10.4 Å². The average molecular weight is 343 g/mol. The molecule has 1 heterocycles. The second kappa shape index (κ2) is 6.92. The smallest absolute Gasteiger partial charge is 0.292 e. The first-order chi connectivity index (χ1) is 12.0. The van der Waals surface area contributed by atoms with Gasteiger partial charge >= 0.3 is 0 Å². The molecule has 0 unspecified atom stereocenters. The molecule has 1 aliphatic rings. The van der Waals surface area contributed by atoms with E-state index in [1.165, 1.54) is 6.07 Å². The zero-order valence-corrected chi connectivity index (χ0v) is 14.3. The Balaban J connectivity index is 1.69. The van der Waals surface area contributed by atoms with Crippen molar-refractivity contribution in [1.29, 1.82) is 0 Å². The molecular formula is C17H21N5O3. The number of anilines is 1. The lowest BCUT2D eigenvalue weighted by molar-refractivity contribution is -0.384. The van der Waals surface area contributed by atoms with Gasteiger partial charge in [-0.05, 0) is 25.3 Å². The van der Waals surface area contributed by atoms with Crippen molar-refractivity contribution in [1.82, 2.24) is 15.1 Å². The van der Waals surface area contributed by atoms with Crippen LogP contribution in [0.4, 0.5) is 11.4 Å². The lowest BCUT2D eigenvalue weighted by Crippen LogP contribution is -2.38. The van der Waals surface area contributed by atoms with Crippen molar-refractivity contribution in [3.05, 3.63) is 51.8 Å². The summed E-state index contributed by atoms with van der Waals surface area (Å²) in [4.78, 5) is 24.7. The lowest BCUT2D eigenvalue weighted by atomic mass is 9.93. The molecule has 1 aliphatic carbocycles. The third-order valence-electron chi connectivity index (χ3n) is 4.58. The second-order valence-corrected chi connectivity index (χ2v) is 6.28. The summed E-state index contributed by atoms with van der Waals surface area (Å²) in [7, 11) is 3.59. The lowest BCUT2D eigenvalue weighted by Gasteiger charge is -2.25. The van der Waals surface area contributed by atoms with Crippen LogP contribution in [0.1, 0.15) is 30.1 Å². The molecule has 132 valence electrons. The Morgan fingerprint density at radius 2 is 2.24 bits per heavy atom. The van der Waals surface area contributed by atoms with Gasteiger partial charge in [0, 0.05) is 31.4 Å². The van der Waals surface area contributed by atoms with Crippen LogP contribution in [-0.2, 0) is 18.3 Å². The van der Waals surface area contributed by atoms with E-state index in [1.807, 2.05) is 17.9 Å². The Morgan fingerprint density at radius 3 is 3.00 bits per heavy atom. The molecule has 0 saturated carbocycles. The molecule has 8 heteroatoms. The number of rotatable bonds is 5. The average Bonchev–Trinajstić information content (AvgIpc) is 2.97. The van der Waals surface area contributed by atoms with Crippen LogP contribution in [0.25, 0.3) is 0 Å². The van der Waals surface area contributed by atoms with Gasteiger partial charge in [0.05, 0.1) is 23.7 Å². The number of aromatic nitrogens is 2. The zero-order valence-electron chi connectivity index (χ0n) is 14.3. The number of carbonyl (C=O) groups excluding carboxylic acids is 1. The fourth-order valence-corrected chi connectivity index (χ4v) is 3.34. The number of aryl methyl sites for hydroxylation is 1. The number of nitro benzene ring substituents is 1. The van der Waals surface area contributed by atoms with Crippen molar-refractivity contribution in [2.45, 2.75) is 25.3 Å². The Morgan fingerprint density at radius 1 is 1.48 bits per heavy atom. The zero-order chi connectivity index (χ0) is 18.0. The number of fused-ring (bicyclic) bond motifs is 1. The minimum atomic E-state index is -0.438. The summed E-state index contributed by atoms with van der Waals surface area (Å²) in [5, 5.41) is 18.4. The highest BCUT2D eigenvalue weighted by Crippen LogP contribution is 2.29. The van der Waals surface area contributed by atoms with Crippen LogP contribution >= 0.6 is 0 Å². The largest absolute Gasteiger partial charge is 0.360 e. The highest BCUT2D eigenvalue weighted by atomic mass is 16.6. The Bertz CT molecular complexity index is 801. The van der Waals surface area contributed by atoms with E-state index in [0.29, 0.717) is 5.69 Å². The number of amides is 1. The molecule has 0 saturated heterocycles. The SMILES string of the molecule is CN(CC(=O)N[C@@H]1CCCc2c1cnn2C)c1ccccc1[N+](=O)[O-]. The molecular weight excluding hydrogens is 322 g/mol. The van der Waals surface area contributed by atoms with Crippen LogP contribution in [0.5, 0.6) is 0 Å². The number of hydrogen-bond acceptors (Lipinski definition) is 5. The van der Waals surface area contributed by atoms with Gasteiger partial charge in [0.2, 0.25) is 5.91 Å². The maximum absolute atomic E-state index is 12.4. The van der Waals surface area contributed by atoms with E-state index in [0.717, 1.165) is 30.5 Å². The monoisotopic (exact) mass is 343 g/mol. The van der Waals surface area contributed by atoms with Gasteiger partial charge in [-0.15, -0.1) is 0 Å². The van der Waals surface area contributed by atoms with Gasteiger partial charge < -0.3 is 10.2 Å². The predicted molar refractivity (Wildman–Crippen MR) is 93.4 cm³/mol. The van der Waals surface area contributed by atoms with Crippen LogP contribution in [0.2, 0.25) is 0 Å². The first-order valence-electron chi connectivity index (χ1n) is 8.22. The molecule has 1 amide bonds. The summed E-state index contributed by atoms with van der Waals surface area (Å²) in [5.74, 6) is -0.164. The minimum absolute atomic E-state index is 0.00925. The minimum Gasteiger partial charge on any atom is -0.360 e. The van der Waals surface area contributed by atoms with Crippen LogP contribution in [0, 0.1) is 10.1 Å². The van der Waals surface area contributed by atoms with Crippen molar-refractivity contribution in [2.75, 3.05) is 18.5 Å². The highest BCUT2D eigenvalue weighted by molar-refractivity contribution is 5.82. The van der Waals surface area contributed by atoms with E-state index in [-0.39, 0.29) is 24.2 Å². The van der Waals surface area contributed by atoms with Gasteiger partial charge in [-0.2, -0.15) is 5.10 Å². The van der Waals surface area contributed by atoms with Crippen molar-refractivity contribution >= 4 is 17.3 Å². The van der Waals surface area contributed by atoms with E-state index < -0.39 is 4.92 Å². The molecule has 0 aliphatic heterocycles. The third kappa shape index (κ3) is 3.47. The third-order valence-corrected chi connectivity index (χ3v) is 4.58. The van der Waals surface area contributed by atoms with Gasteiger partial charge in [0.1, 0.15) is 5.69 Å². The highest BCUT2D eigenvalue weighted by Gasteiger charge is 2.25. The molecule has 0 radical (unpaired) electrons. The van der Waals surface area contributed by atoms with Gasteiger partial charge in [-0.1, -0.05) is 12.1 Å². The number of nitro groups is 1. The molecule has 1 aromatic carbocycles. The molecule has 1 N–H and O–H groups in total. The number of hydrogen-bond donors (Lipinski definition) is 1. The number of nitrogens with one attached hydrogen (secondary N) is 1. The Labute approximate surface area is 145 Å². The van der Waals surface area contributed by atoms with Crippen molar-refractivity contribution < 1.29 is 9.72 Å². The Hall–Kier alpha value is -2.90. The summed E-state index contributed by atoms with van der Waals surface area (Å²) in [6.45, 7) is 0.0525. The summed E-state index contributed by atoms with van der Waals surface area (Å²) in [6, 6.07) is 6.36. The Kier molecular flexibility index (Phi) is 4.69. The maximum atomic E-state index is 12.4. The number of nitrogens with zero attached hydrogens (tertiary/aromatic N) is 4. The molecule has 8 nitrogen and oxygen atoms in total. The fraction of sp³-hybridized carbons (Fsp3) is 0.412. The van der Waals surface area contributed by atoms with Gasteiger partial charge in [-0.25, -0.2) is 0 Å². The molecule has 0 spiro atoms. The maximum Gasteiger partial charge on any atom is 0.292 e. The van der Waals surface area contributed by atoms with E-state index in [1.54, 1.807) is 30.1 Å². The van der Waals surface area contributed by atoms with Crippen molar-refractivity contribution in [2.24, 2.45) is 7.05 Å². The van der Waals surface area contributed by atoms with E-state index in [9.17, 15) is 14.9 Å². The topological polar surface area (TPSA) is 93.3 Å². The normalized spacial score (nSPS) is 16.2. The van der Waals surface area contributed by atoms with Crippen LogP contribution in [-0.4, -0.2) is 34.2 Å². The molecule has 2 aromatic rings. The first kappa shape index (κ1) is 16.9. The number of likely N-dealkylation sites (N-methyl/N-ethyl adjacent to an activating group) is 1. The number of carbonyl (C=O) groups is 1. The summed E-state index contributed by atoms with van der Waals surface area (Å²) in [6.07, 6.45) is 4.65. The van der Waals surface area contributed by atoms with Gasteiger partial charge in [0.25, 0.3) is 5.69 Å². The quantitative estimate of drug-likeness (QED) is 0.662.